The Bertz CT molecular complexity index is 335. The molecule has 0 saturated carbocycles. The molecule has 0 radical (unpaired) electrons. The van der Waals surface area contributed by atoms with Crippen molar-refractivity contribution in [3.8, 4) is 0 Å². The van der Waals surface area contributed by atoms with Gasteiger partial charge >= 0.3 is 0 Å². The fraction of sp³-hybridized carbons (Fsp3) is 0.545. The summed E-state index contributed by atoms with van der Waals surface area (Å²) in [5, 5.41) is 4.08. The number of rotatable bonds is 0. The summed E-state index contributed by atoms with van der Waals surface area (Å²) in [5.41, 5.74) is 4.57. The second-order valence-corrected chi connectivity index (χ2v) is 3.54. The highest BCUT2D eigenvalue weighted by molar-refractivity contribution is 6.32. The van der Waals surface area contributed by atoms with Gasteiger partial charge in [-0.05, 0) is 25.0 Å². The van der Waals surface area contributed by atoms with Crippen LogP contribution in [0.4, 0.5) is 0 Å². The van der Waals surface area contributed by atoms with Gasteiger partial charge < -0.3 is 5.32 Å². The molecular weight excluding hydrogens is 196 g/mol. The van der Waals surface area contributed by atoms with Gasteiger partial charge in [-0.15, -0.1) is 0 Å². The second-order valence-electron chi connectivity index (χ2n) is 3.16. The van der Waals surface area contributed by atoms with Crippen LogP contribution in [-0.4, -0.2) is 4.98 Å². The van der Waals surface area contributed by atoms with E-state index in [9.17, 15) is 0 Å². The summed E-state index contributed by atoms with van der Waals surface area (Å²) in [7, 11) is 0. The average molecular weight is 213 g/mol. The quantitative estimate of drug-likeness (QED) is 0.715. The van der Waals surface area contributed by atoms with E-state index in [2.05, 4.69) is 17.2 Å². The maximum absolute atomic E-state index is 6.07. The fourth-order valence-corrected chi connectivity index (χ4v) is 1.78. The number of nitrogens with one attached hydrogen (secondary N) is 1. The van der Waals surface area contributed by atoms with Gasteiger partial charge in [0.25, 0.3) is 0 Å². The Morgan fingerprint density at radius 2 is 1.86 bits per heavy atom. The zero-order chi connectivity index (χ0) is 10.7. The molecule has 1 aliphatic rings. The van der Waals surface area contributed by atoms with Crippen LogP contribution >= 0.6 is 11.6 Å². The van der Waals surface area contributed by atoms with Gasteiger partial charge in [-0.25, -0.2) is 0 Å². The molecule has 0 aromatic carbocycles. The molecule has 2 rings (SSSR count). The first-order valence-corrected chi connectivity index (χ1v) is 5.43. The van der Waals surface area contributed by atoms with Crippen molar-refractivity contribution in [3.63, 3.8) is 0 Å². The van der Waals surface area contributed by atoms with E-state index in [1.165, 1.54) is 11.1 Å². The molecule has 2 nitrogen and oxygen atoms in total. The van der Waals surface area contributed by atoms with Crippen molar-refractivity contribution in [1.29, 1.82) is 0 Å². The van der Waals surface area contributed by atoms with Gasteiger partial charge in [0.15, 0.2) is 0 Å². The maximum atomic E-state index is 6.07. The minimum Gasteiger partial charge on any atom is -0.307 e. The molecular formula is C11H17ClN2. The summed E-state index contributed by atoms with van der Waals surface area (Å²) in [5.74, 6) is 0. The fourth-order valence-electron chi connectivity index (χ4n) is 1.63. The number of halogens is 1. The molecule has 0 amide bonds. The van der Waals surface area contributed by atoms with E-state index in [-0.39, 0.29) is 0 Å². The van der Waals surface area contributed by atoms with Crippen molar-refractivity contribution in [3.05, 3.63) is 27.5 Å². The lowest BCUT2D eigenvalue weighted by molar-refractivity contribution is 0.756. The molecule has 1 aliphatic heterocycles. The zero-order valence-electron chi connectivity index (χ0n) is 9.24. The predicted molar refractivity (Wildman–Crippen MR) is 60.6 cm³/mol. The van der Waals surface area contributed by atoms with Crippen LogP contribution in [0.15, 0.2) is 0 Å². The number of hydrogen-bond acceptors (Lipinski definition) is 2. The Hall–Kier alpha value is -0.600. The first-order chi connectivity index (χ1) is 6.70. The monoisotopic (exact) mass is 212 g/mol. The summed E-state index contributed by atoms with van der Waals surface area (Å²) < 4.78 is 0. The van der Waals surface area contributed by atoms with Crippen LogP contribution in [0.3, 0.4) is 0 Å². The van der Waals surface area contributed by atoms with Gasteiger partial charge in [-0.1, -0.05) is 25.4 Å². The number of fused-ring (bicyclic) bond motifs is 1. The Morgan fingerprint density at radius 3 is 2.50 bits per heavy atom. The summed E-state index contributed by atoms with van der Waals surface area (Å²) in [6, 6.07) is 0. The minimum atomic E-state index is 0.817. The number of pyridine rings is 1. The molecule has 1 aromatic rings. The van der Waals surface area contributed by atoms with Crippen LogP contribution < -0.4 is 5.32 Å². The van der Waals surface area contributed by atoms with Crippen LogP contribution in [0.25, 0.3) is 0 Å². The normalized spacial score (nSPS) is 13.2. The lowest BCUT2D eigenvalue weighted by atomic mass is 10.1. The lowest BCUT2D eigenvalue weighted by Crippen LogP contribution is -2.00. The van der Waals surface area contributed by atoms with E-state index in [0.29, 0.717) is 0 Å². The van der Waals surface area contributed by atoms with Crippen molar-refractivity contribution in [2.75, 3.05) is 0 Å². The van der Waals surface area contributed by atoms with Crippen LogP contribution in [0.2, 0.25) is 5.02 Å². The Balaban J connectivity index is 0.000000461. The van der Waals surface area contributed by atoms with Crippen LogP contribution in [0.1, 0.15) is 36.4 Å². The molecule has 14 heavy (non-hydrogen) atoms. The number of aryl methyl sites for hydroxylation is 1. The SMILES string of the molecule is CC.Cc1nc2c(c(C)c1Cl)CNC2. The Kier molecular flexibility index (Phi) is 3.90. The standard InChI is InChI=1S/C9H11ClN2.C2H6/c1-5-7-3-11-4-8(7)12-6(2)9(5)10;1-2/h11H,3-4H2,1-2H3;1-2H3. The van der Waals surface area contributed by atoms with Crippen LogP contribution in [0.5, 0.6) is 0 Å². The lowest BCUT2D eigenvalue weighted by Gasteiger charge is -2.06. The predicted octanol–water partition coefficient (Wildman–Crippen LogP) is 2.98. The highest BCUT2D eigenvalue weighted by Gasteiger charge is 2.17. The van der Waals surface area contributed by atoms with Crippen LogP contribution in [-0.2, 0) is 13.1 Å². The minimum absolute atomic E-state index is 0.817. The van der Waals surface area contributed by atoms with Crippen molar-refractivity contribution >= 4 is 11.6 Å². The molecule has 78 valence electrons. The molecule has 0 spiro atoms. The molecule has 0 atom stereocenters. The summed E-state index contributed by atoms with van der Waals surface area (Å²) in [6.45, 7) is 9.80. The average Bonchev–Trinajstić information content (AvgIpc) is 2.65. The largest absolute Gasteiger partial charge is 0.307 e. The highest BCUT2D eigenvalue weighted by Crippen LogP contribution is 2.26. The summed E-state index contributed by atoms with van der Waals surface area (Å²) in [6.07, 6.45) is 0. The van der Waals surface area contributed by atoms with E-state index in [4.69, 9.17) is 11.6 Å². The van der Waals surface area contributed by atoms with E-state index in [0.717, 1.165) is 29.5 Å². The first-order valence-electron chi connectivity index (χ1n) is 5.05. The van der Waals surface area contributed by atoms with Gasteiger partial charge in [0, 0.05) is 13.1 Å². The Morgan fingerprint density at radius 1 is 1.21 bits per heavy atom. The highest BCUT2D eigenvalue weighted by atomic mass is 35.5. The maximum Gasteiger partial charge on any atom is 0.0651 e. The van der Waals surface area contributed by atoms with E-state index in [1.807, 2.05) is 20.8 Å². The van der Waals surface area contributed by atoms with E-state index >= 15 is 0 Å². The summed E-state index contributed by atoms with van der Waals surface area (Å²) in [4.78, 5) is 4.42. The van der Waals surface area contributed by atoms with Crippen molar-refractivity contribution in [2.24, 2.45) is 0 Å². The molecule has 0 bridgehead atoms. The second kappa shape index (κ2) is 4.76. The molecule has 3 heteroatoms. The van der Waals surface area contributed by atoms with Crippen molar-refractivity contribution in [1.82, 2.24) is 10.3 Å². The van der Waals surface area contributed by atoms with Crippen molar-refractivity contribution in [2.45, 2.75) is 40.8 Å². The van der Waals surface area contributed by atoms with E-state index in [1.54, 1.807) is 0 Å². The molecule has 1 aromatic heterocycles. The topological polar surface area (TPSA) is 24.9 Å². The van der Waals surface area contributed by atoms with Gasteiger partial charge in [0.2, 0.25) is 0 Å². The molecule has 0 saturated heterocycles. The van der Waals surface area contributed by atoms with Crippen molar-refractivity contribution < 1.29 is 0 Å². The van der Waals surface area contributed by atoms with Gasteiger partial charge in [0.1, 0.15) is 0 Å². The smallest absolute Gasteiger partial charge is 0.0651 e. The van der Waals surface area contributed by atoms with Gasteiger partial charge in [0.05, 0.1) is 16.4 Å². The van der Waals surface area contributed by atoms with E-state index < -0.39 is 0 Å². The Labute approximate surface area is 90.7 Å². The number of nitrogens with zero attached hydrogens (tertiary/aromatic N) is 1. The van der Waals surface area contributed by atoms with Gasteiger partial charge in [-0.2, -0.15) is 0 Å². The molecule has 1 N–H and O–H groups in total. The third-order valence-corrected chi connectivity index (χ3v) is 2.90. The van der Waals surface area contributed by atoms with Gasteiger partial charge in [-0.3, -0.25) is 4.98 Å². The van der Waals surface area contributed by atoms with Crippen LogP contribution in [0, 0.1) is 13.8 Å². The number of hydrogen-bond donors (Lipinski definition) is 1. The molecule has 0 fully saturated rings. The first kappa shape index (κ1) is 11.5. The summed E-state index contributed by atoms with van der Waals surface area (Å²) >= 11 is 6.07. The zero-order valence-corrected chi connectivity index (χ0v) is 10.00. The molecule has 2 heterocycles. The third kappa shape index (κ3) is 1.91. The number of aromatic nitrogens is 1. The molecule has 0 unspecified atom stereocenters. The molecule has 0 aliphatic carbocycles. The third-order valence-electron chi connectivity index (χ3n) is 2.34.